The Hall–Kier alpha value is -1.15. The van der Waals surface area contributed by atoms with E-state index in [4.69, 9.17) is 11.6 Å². The van der Waals surface area contributed by atoms with Gasteiger partial charge in [0.2, 0.25) is 10.0 Å². The quantitative estimate of drug-likeness (QED) is 0.678. The second-order valence-corrected chi connectivity index (χ2v) is 8.80. The number of carbonyl (C=O) groups excluding carboxylic acids is 1. The minimum absolute atomic E-state index is 0.0589. The topological polar surface area (TPSA) is 70.9 Å². The first-order chi connectivity index (χ1) is 11.3. The Morgan fingerprint density at radius 1 is 1.29 bits per heavy atom. The maximum atomic E-state index is 12.3. The highest BCUT2D eigenvalue weighted by atomic mass is 35.5. The largest absolute Gasteiger partial charge is 0.352 e. The van der Waals surface area contributed by atoms with Crippen LogP contribution in [0, 0.1) is 0 Å². The maximum Gasteiger partial charge on any atom is 0.252 e. The normalized spacial score (nSPS) is 15.8. The molecule has 0 atom stereocenters. The van der Waals surface area contributed by atoms with Crippen molar-refractivity contribution in [1.29, 1.82) is 0 Å². The van der Waals surface area contributed by atoms with Crippen LogP contribution >= 0.6 is 11.6 Å². The van der Waals surface area contributed by atoms with Gasteiger partial charge in [-0.2, -0.15) is 0 Å². The fourth-order valence-corrected chi connectivity index (χ4v) is 3.94. The van der Waals surface area contributed by atoms with E-state index in [1.54, 1.807) is 4.90 Å². The van der Waals surface area contributed by atoms with E-state index in [9.17, 15) is 13.2 Å². The molecule has 1 saturated heterocycles. The van der Waals surface area contributed by atoms with Crippen molar-refractivity contribution >= 4 is 27.5 Å². The summed E-state index contributed by atoms with van der Waals surface area (Å²) in [5.74, 6) is -0.341. The number of likely N-dealkylation sites (tertiary alicyclic amines) is 1. The van der Waals surface area contributed by atoms with Crippen LogP contribution in [0.5, 0.6) is 0 Å². The average Bonchev–Trinajstić information content (AvgIpc) is 3.04. The molecule has 24 heavy (non-hydrogen) atoms. The van der Waals surface area contributed by atoms with Crippen molar-refractivity contribution in [3.63, 3.8) is 0 Å². The number of hydrogen-bond donors (Lipinski definition) is 2. The minimum atomic E-state index is -3.59. The van der Waals surface area contributed by atoms with Gasteiger partial charge in [-0.1, -0.05) is 11.6 Å². The lowest BCUT2D eigenvalue weighted by Crippen LogP contribution is -3.10. The van der Waals surface area contributed by atoms with Crippen LogP contribution in [0.4, 0.5) is 0 Å². The predicted octanol–water partition coefficient (Wildman–Crippen LogP) is 0.389. The fraction of sp³-hybridized carbons (Fsp3) is 0.562. The molecule has 6 nitrogen and oxygen atoms in total. The number of hydrogen-bond acceptors (Lipinski definition) is 3. The Morgan fingerprint density at radius 2 is 1.96 bits per heavy atom. The van der Waals surface area contributed by atoms with Crippen LogP contribution in [0.1, 0.15) is 29.6 Å². The molecular weight excluding hydrogens is 350 g/mol. The van der Waals surface area contributed by atoms with E-state index in [2.05, 4.69) is 5.32 Å². The lowest BCUT2D eigenvalue weighted by Gasteiger charge is -2.14. The molecule has 0 saturated carbocycles. The zero-order valence-corrected chi connectivity index (χ0v) is 15.7. The van der Waals surface area contributed by atoms with Gasteiger partial charge >= 0.3 is 0 Å². The first-order valence-corrected chi connectivity index (χ1v) is 9.98. The summed E-state index contributed by atoms with van der Waals surface area (Å²) in [4.78, 5) is 13.9. The molecule has 0 aliphatic carbocycles. The molecule has 1 aliphatic heterocycles. The molecule has 0 spiro atoms. The van der Waals surface area contributed by atoms with Gasteiger partial charge in [-0.3, -0.25) is 4.79 Å². The number of halogens is 1. The Bertz CT molecular complexity index is 686. The SMILES string of the molecule is CN(C)S(=O)(=O)c1ccc(Cl)c(C(=O)NCCC[NH+]2CCCC2)c1. The summed E-state index contributed by atoms with van der Waals surface area (Å²) in [5.41, 5.74) is 0.188. The van der Waals surface area contributed by atoms with Gasteiger partial charge in [0.15, 0.2) is 0 Å². The van der Waals surface area contributed by atoms with Gasteiger partial charge < -0.3 is 10.2 Å². The third-order valence-corrected chi connectivity index (χ3v) is 6.41. The van der Waals surface area contributed by atoms with Crippen LogP contribution < -0.4 is 10.2 Å². The van der Waals surface area contributed by atoms with Crippen molar-refractivity contribution < 1.29 is 18.1 Å². The monoisotopic (exact) mass is 374 g/mol. The van der Waals surface area contributed by atoms with Gasteiger partial charge in [0.25, 0.3) is 5.91 Å². The molecule has 1 aromatic rings. The highest BCUT2D eigenvalue weighted by molar-refractivity contribution is 7.89. The number of nitrogens with zero attached hydrogens (tertiary/aromatic N) is 1. The summed E-state index contributed by atoms with van der Waals surface area (Å²) < 4.78 is 25.5. The average molecular weight is 375 g/mol. The number of sulfonamides is 1. The zero-order chi connectivity index (χ0) is 17.7. The highest BCUT2D eigenvalue weighted by Gasteiger charge is 2.21. The van der Waals surface area contributed by atoms with E-state index >= 15 is 0 Å². The summed E-state index contributed by atoms with van der Waals surface area (Å²) in [6.07, 6.45) is 3.46. The van der Waals surface area contributed by atoms with Crippen LogP contribution in [-0.2, 0) is 10.0 Å². The molecule has 1 aromatic carbocycles. The Balaban J connectivity index is 1.98. The van der Waals surface area contributed by atoms with Crippen molar-refractivity contribution in [3.8, 4) is 0 Å². The highest BCUT2D eigenvalue weighted by Crippen LogP contribution is 2.22. The molecule has 0 radical (unpaired) electrons. The van der Waals surface area contributed by atoms with Crippen molar-refractivity contribution in [2.24, 2.45) is 0 Å². The third kappa shape index (κ3) is 4.69. The second-order valence-electron chi connectivity index (χ2n) is 6.25. The van der Waals surface area contributed by atoms with Crippen LogP contribution in [0.15, 0.2) is 23.1 Å². The van der Waals surface area contributed by atoms with Gasteiger partial charge in [-0.25, -0.2) is 12.7 Å². The van der Waals surface area contributed by atoms with E-state index in [-0.39, 0.29) is 21.4 Å². The second kappa shape index (κ2) is 8.29. The molecule has 2 rings (SSSR count). The fourth-order valence-electron chi connectivity index (χ4n) is 2.81. The molecule has 8 heteroatoms. The van der Waals surface area contributed by atoms with Crippen molar-refractivity contribution in [2.45, 2.75) is 24.2 Å². The number of benzene rings is 1. The first-order valence-electron chi connectivity index (χ1n) is 8.16. The number of quaternary nitrogens is 1. The Morgan fingerprint density at radius 3 is 2.58 bits per heavy atom. The molecule has 1 aliphatic rings. The predicted molar refractivity (Wildman–Crippen MR) is 94.1 cm³/mol. The number of rotatable bonds is 7. The Kier molecular flexibility index (Phi) is 6.62. The van der Waals surface area contributed by atoms with Gasteiger partial charge in [-0.15, -0.1) is 0 Å². The van der Waals surface area contributed by atoms with Crippen LogP contribution in [0.3, 0.4) is 0 Å². The first kappa shape index (κ1) is 19.2. The van der Waals surface area contributed by atoms with Gasteiger partial charge in [-0.05, 0) is 18.2 Å². The number of nitrogens with one attached hydrogen (secondary N) is 2. The van der Waals surface area contributed by atoms with Crippen molar-refractivity contribution in [2.75, 3.05) is 40.3 Å². The summed E-state index contributed by atoms with van der Waals surface area (Å²) in [5, 5.41) is 3.07. The van der Waals surface area contributed by atoms with Crippen LogP contribution in [0.25, 0.3) is 0 Å². The molecule has 2 N–H and O–H groups in total. The summed E-state index contributed by atoms with van der Waals surface area (Å²) >= 11 is 6.06. The van der Waals surface area contributed by atoms with E-state index < -0.39 is 10.0 Å². The molecular formula is C16H25ClN3O3S+. The van der Waals surface area contributed by atoms with E-state index in [0.29, 0.717) is 6.54 Å². The molecule has 0 unspecified atom stereocenters. The van der Waals surface area contributed by atoms with Crippen molar-refractivity contribution in [3.05, 3.63) is 28.8 Å². The van der Waals surface area contributed by atoms with Crippen LogP contribution in [0.2, 0.25) is 5.02 Å². The molecule has 1 fully saturated rings. The summed E-state index contributed by atoms with van der Waals surface area (Å²) in [6.45, 7) is 4.03. The molecule has 0 bridgehead atoms. The van der Waals surface area contributed by atoms with Gasteiger partial charge in [0, 0.05) is 39.9 Å². The molecule has 134 valence electrons. The smallest absolute Gasteiger partial charge is 0.252 e. The summed E-state index contributed by atoms with van der Waals surface area (Å²) in [7, 11) is -0.697. The van der Waals surface area contributed by atoms with E-state index in [1.165, 1.54) is 58.2 Å². The summed E-state index contributed by atoms with van der Waals surface area (Å²) in [6, 6.07) is 4.19. The lowest BCUT2D eigenvalue weighted by atomic mass is 10.2. The van der Waals surface area contributed by atoms with Gasteiger partial charge in [0.05, 0.1) is 35.1 Å². The lowest BCUT2D eigenvalue weighted by molar-refractivity contribution is -0.887. The number of amides is 1. The standard InChI is InChI=1S/C16H24ClN3O3S/c1-19(2)24(22,23)13-6-7-15(17)14(12-13)16(21)18-8-5-11-20-9-3-4-10-20/h6-7,12H,3-5,8-11H2,1-2H3,(H,18,21)/p+1. The van der Waals surface area contributed by atoms with Gasteiger partial charge in [0.1, 0.15) is 0 Å². The minimum Gasteiger partial charge on any atom is -0.352 e. The third-order valence-electron chi connectivity index (χ3n) is 4.26. The maximum absolute atomic E-state index is 12.3. The van der Waals surface area contributed by atoms with E-state index in [1.807, 2.05) is 0 Å². The molecule has 1 amide bonds. The van der Waals surface area contributed by atoms with Crippen LogP contribution in [-0.4, -0.2) is 58.9 Å². The Labute approximate surface area is 148 Å². The zero-order valence-electron chi connectivity index (χ0n) is 14.1. The van der Waals surface area contributed by atoms with Crippen molar-refractivity contribution in [1.82, 2.24) is 9.62 Å². The number of carbonyl (C=O) groups is 1. The molecule has 0 aromatic heterocycles. The van der Waals surface area contributed by atoms with E-state index in [0.717, 1.165) is 17.3 Å². The molecule has 1 heterocycles.